The number of aryl methyl sites for hydroxylation is 1. The molecule has 194 valence electrons. The van der Waals surface area contributed by atoms with Gasteiger partial charge in [-0.25, -0.2) is 4.79 Å². The van der Waals surface area contributed by atoms with E-state index in [2.05, 4.69) is 5.32 Å². The van der Waals surface area contributed by atoms with E-state index in [9.17, 15) is 19.5 Å². The van der Waals surface area contributed by atoms with Gasteiger partial charge in [-0.3, -0.25) is 14.9 Å². The molecule has 0 aliphatic carbocycles. The van der Waals surface area contributed by atoms with Gasteiger partial charge in [0.15, 0.2) is 11.5 Å². The molecular weight excluding hydrogens is 464 g/mol. The van der Waals surface area contributed by atoms with Gasteiger partial charge in [0.2, 0.25) is 5.91 Å². The molecule has 0 bridgehead atoms. The Morgan fingerprint density at radius 2 is 1.81 bits per heavy atom. The summed E-state index contributed by atoms with van der Waals surface area (Å²) in [5.41, 5.74) is 2.18. The van der Waals surface area contributed by atoms with Crippen LogP contribution in [0.4, 0.5) is 0 Å². The van der Waals surface area contributed by atoms with E-state index in [1.165, 1.54) is 14.2 Å². The second kappa shape index (κ2) is 12.4. The van der Waals surface area contributed by atoms with E-state index in [-0.39, 0.29) is 26.0 Å². The zero-order valence-corrected chi connectivity index (χ0v) is 20.7. The van der Waals surface area contributed by atoms with Crippen LogP contribution in [0.5, 0.6) is 11.5 Å². The number of fused-ring (bicyclic) bond motifs is 1. The molecule has 36 heavy (non-hydrogen) atoms. The van der Waals surface area contributed by atoms with E-state index < -0.39 is 42.8 Å². The molecule has 0 unspecified atom stereocenters. The molecule has 1 amide bonds. The molecule has 0 fully saturated rings. The predicted octanol–water partition coefficient (Wildman–Crippen LogP) is 2.58. The third-order valence-electron chi connectivity index (χ3n) is 6.15. The van der Waals surface area contributed by atoms with Crippen molar-refractivity contribution < 1.29 is 37.8 Å². The summed E-state index contributed by atoms with van der Waals surface area (Å²) in [6, 6.07) is 8.34. The topological polar surface area (TPSA) is 114 Å². The van der Waals surface area contributed by atoms with Crippen molar-refractivity contribution in [2.24, 2.45) is 0 Å². The van der Waals surface area contributed by atoms with Crippen molar-refractivity contribution in [3.63, 3.8) is 0 Å². The Balaban J connectivity index is 1.92. The number of hydrogen-bond acceptors (Lipinski definition) is 7. The third-order valence-corrected chi connectivity index (χ3v) is 6.15. The molecule has 0 radical (unpaired) electrons. The number of carbonyl (C=O) groups excluding carboxylic acids is 2. The van der Waals surface area contributed by atoms with Crippen LogP contribution in [0.3, 0.4) is 0 Å². The number of ether oxygens (including phenoxy) is 3. The van der Waals surface area contributed by atoms with Gasteiger partial charge in [0.25, 0.3) is 0 Å². The maximum absolute atomic E-state index is 13.8. The Morgan fingerprint density at radius 3 is 2.39 bits per heavy atom. The summed E-state index contributed by atoms with van der Waals surface area (Å²) >= 11 is 0. The molecular formula is C27H34N2O7. The standard InChI is InChI=1S/C27H34N2O7/c1-5-36-27(33)21(12-11-18-9-7-6-8-10-18)28-17(2)25(30)29-16-20-15-24(35-4)23(34-3)14-19(20)13-22(29)26(31)32/h6-10,14-15,17,21-22,28H,5,11-13,16H2,1-4H3,(H,31,32)/t17-,21-,22-/m0/s1/i2D3. The molecule has 0 saturated heterocycles. The van der Waals surface area contributed by atoms with E-state index >= 15 is 0 Å². The lowest BCUT2D eigenvalue weighted by atomic mass is 9.92. The Hall–Kier alpha value is -3.59. The van der Waals surface area contributed by atoms with Crippen molar-refractivity contribution in [2.75, 3.05) is 20.8 Å². The van der Waals surface area contributed by atoms with Gasteiger partial charge in [0, 0.05) is 17.1 Å². The third kappa shape index (κ3) is 6.34. The van der Waals surface area contributed by atoms with Crippen LogP contribution in [-0.2, 0) is 38.5 Å². The molecule has 3 rings (SSSR count). The molecule has 9 heteroatoms. The van der Waals surface area contributed by atoms with Crippen molar-refractivity contribution in [2.45, 2.75) is 57.7 Å². The average molecular weight is 502 g/mol. The van der Waals surface area contributed by atoms with Crippen molar-refractivity contribution in [1.82, 2.24) is 10.2 Å². The molecule has 0 spiro atoms. The van der Waals surface area contributed by atoms with Crippen molar-refractivity contribution in [1.29, 1.82) is 0 Å². The van der Waals surface area contributed by atoms with Gasteiger partial charge < -0.3 is 24.2 Å². The van der Waals surface area contributed by atoms with Crippen LogP contribution in [0, 0.1) is 0 Å². The highest BCUT2D eigenvalue weighted by atomic mass is 16.5. The number of esters is 1. The van der Waals surface area contributed by atoms with Crippen LogP contribution in [0.15, 0.2) is 42.5 Å². The monoisotopic (exact) mass is 501 g/mol. The largest absolute Gasteiger partial charge is 0.493 e. The normalized spacial score (nSPS) is 18.0. The lowest BCUT2D eigenvalue weighted by Crippen LogP contribution is -2.56. The summed E-state index contributed by atoms with van der Waals surface area (Å²) < 4.78 is 40.1. The zero-order valence-electron chi connectivity index (χ0n) is 23.7. The molecule has 0 saturated carbocycles. The van der Waals surface area contributed by atoms with Gasteiger partial charge in [0.05, 0.1) is 26.9 Å². The van der Waals surface area contributed by atoms with Crippen molar-refractivity contribution in [3.05, 3.63) is 59.2 Å². The average Bonchev–Trinajstić information content (AvgIpc) is 2.91. The number of nitrogens with one attached hydrogen (secondary N) is 1. The Morgan fingerprint density at radius 1 is 1.14 bits per heavy atom. The van der Waals surface area contributed by atoms with Gasteiger partial charge in [-0.1, -0.05) is 30.3 Å². The van der Waals surface area contributed by atoms with Crippen LogP contribution >= 0.6 is 0 Å². The van der Waals surface area contributed by atoms with Crippen LogP contribution in [0.2, 0.25) is 0 Å². The van der Waals surface area contributed by atoms with E-state index in [1.54, 1.807) is 19.1 Å². The number of carboxylic acid groups (broad SMARTS) is 1. The van der Waals surface area contributed by atoms with E-state index in [4.69, 9.17) is 18.3 Å². The van der Waals surface area contributed by atoms with Crippen molar-refractivity contribution >= 4 is 17.8 Å². The minimum atomic E-state index is -2.88. The lowest BCUT2D eigenvalue weighted by Gasteiger charge is -2.37. The Labute approximate surface area is 215 Å². The number of nitrogens with zero attached hydrogens (tertiary/aromatic N) is 1. The molecule has 0 aromatic heterocycles. The smallest absolute Gasteiger partial charge is 0.326 e. The molecule has 9 nitrogen and oxygen atoms in total. The second-order valence-corrected chi connectivity index (χ2v) is 8.43. The maximum atomic E-state index is 13.8. The van der Waals surface area contributed by atoms with Gasteiger partial charge in [0.1, 0.15) is 12.1 Å². The van der Waals surface area contributed by atoms with E-state index in [0.717, 1.165) is 10.5 Å². The number of amides is 1. The number of rotatable bonds is 11. The van der Waals surface area contributed by atoms with E-state index in [0.29, 0.717) is 29.0 Å². The van der Waals surface area contributed by atoms with Crippen LogP contribution < -0.4 is 14.8 Å². The minimum Gasteiger partial charge on any atom is -0.493 e. The molecule has 2 aromatic carbocycles. The zero-order chi connectivity index (χ0) is 28.7. The van der Waals surface area contributed by atoms with Gasteiger partial charge >= 0.3 is 11.9 Å². The summed E-state index contributed by atoms with van der Waals surface area (Å²) in [4.78, 5) is 39.8. The quantitative estimate of drug-likeness (QED) is 0.452. The summed E-state index contributed by atoms with van der Waals surface area (Å²) in [7, 11) is 2.91. The summed E-state index contributed by atoms with van der Waals surface area (Å²) in [5, 5.41) is 12.7. The molecule has 1 heterocycles. The number of benzene rings is 2. The first kappa shape index (κ1) is 22.8. The van der Waals surface area contributed by atoms with Crippen LogP contribution in [0.1, 0.15) is 41.0 Å². The SMILES string of the molecule is [2H]C([2H])([2H])[C@H](N[C@@H](CCc1ccccc1)C(=O)OCC)C(=O)N1Cc2cc(OC)c(OC)cc2C[C@H]1C(=O)O. The molecule has 2 N–H and O–H groups in total. The highest BCUT2D eigenvalue weighted by Gasteiger charge is 2.38. The first-order chi connectivity index (χ1) is 18.5. The molecule has 2 aromatic rings. The molecule has 3 atom stereocenters. The molecule has 1 aliphatic heterocycles. The Kier molecular flexibility index (Phi) is 7.87. The van der Waals surface area contributed by atoms with Gasteiger partial charge in [-0.05, 0) is 55.4 Å². The van der Waals surface area contributed by atoms with Crippen LogP contribution in [0.25, 0.3) is 0 Å². The number of carboxylic acids is 1. The fraction of sp³-hybridized carbons (Fsp3) is 0.444. The predicted molar refractivity (Wildman–Crippen MR) is 133 cm³/mol. The maximum Gasteiger partial charge on any atom is 0.326 e. The summed E-state index contributed by atoms with van der Waals surface area (Å²) in [6.07, 6.45) is 0.542. The second-order valence-electron chi connectivity index (χ2n) is 8.43. The number of methoxy groups -OCH3 is 2. The number of carbonyl (C=O) groups is 3. The first-order valence-electron chi connectivity index (χ1n) is 13.2. The Bertz CT molecular complexity index is 1170. The summed E-state index contributed by atoms with van der Waals surface area (Å²) in [6.45, 7) is -1.34. The van der Waals surface area contributed by atoms with Gasteiger partial charge in [-0.2, -0.15) is 0 Å². The highest BCUT2D eigenvalue weighted by molar-refractivity contribution is 5.88. The van der Waals surface area contributed by atoms with Crippen LogP contribution in [-0.4, -0.2) is 66.8 Å². The van der Waals surface area contributed by atoms with Crippen molar-refractivity contribution in [3.8, 4) is 11.5 Å². The number of hydrogen-bond donors (Lipinski definition) is 2. The fourth-order valence-electron chi connectivity index (χ4n) is 4.27. The lowest BCUT2D eigenvalue weighted by molar-refractivity contribution is -0.153. The minimum absolute atomic E-state index is 0.0558. The molecule has 1 aliphatic rings. The summed E-state index contributed by atoms with van der Waals surface area (Å²) in [5.74, 6) is -2.11. The first-order valence-corrected chi connectivity index (χ1v) is 11.7. The fourth-order valence-corrected chi connectivity index (χ4v) is 4.27. The highest BCUT2D eigenvalue weighted by Crippen LogP contribution is 2.35. The van der Waals surface area contributed by atoms with Gasteiger partial charge in [-0.15, -0.1) is 0 Å². The van der Waals surface area contributed by atoms with E-state index in [1.807, 2.05) is 30.3 Å². The number of aliphatic carboxylic acids is 1.